The zero-order valence-electron chi connectivity index (χ0n) is 7.03. The summed E-state index contributed by atoms with van der Waals surface area (Å²) in [5, 5.41) is 26.4. The van der Waals surface area contributed by atoms with Crippen molar-refractivity contribution in [2.24, 2.45) is 0 Å². The summed E-state index contributed by atoms with van der Waals surface area (Å²) >= 11 is 0. The van der Waals surface area contributed by atoms with Crippen LogP contribution in [0.4, 0.5) is 0 Å². The highest BCUT2D eigenvalue weighted by Gasteiger charge is 2.35. The lowest BCUT2D eigenvalue weighted by atomic mass is 9.94. The fraction of sp³-hybridized carbons (Fsp3) is 0.833. The van der Waals surface area contributed by atoms with E-state index in [1.165, 1.54) is 0 Å². The second-order valence-electron chi connectivity index (χ2n) is 3.05. The summed E-state index contributed by atoms with van der Waals surface area (Å²) in [4.78, 5) is 0. The standard InChI is InChI=1S/C6H11N5O.ClH/c12-6(2-1-3-7-4-6)5-8-10-11-9-5;/h7,12H,1-4H2,(H,8,9,10,11);1H. The average molecular weight is 206 g/mol. The van der Waals surface area contributed by atoms with Crippen LogP contribution >= 0.6 is 12.4 Å². The predicted molar refractivity (Wildman–Crippen MR) is 47.4 cm³/mol. The second kappa shape index (κ2) is 3.99. The van der Waals surface area contributed by atoms with Crippen LogP contribution in [0, 0.1) is 0 Å². The Morgan fingerprint density at radius 1 is 1.46 bits per heavy atom. The third-order valence-corrected chi connectivity index (χ3v) is 2.12. The molecule has 1 unspecified atom stereocenters. The number of hydrogen-bond acceptors (Lipinski definition) is 5. The van der Waals surface area contributed by atoms with Crippen molar-refractivity contribution in [3.05, 3.63) is 5.82 Å². The van der Waals surface area contributed by atoms with Gasteiger partial charge in [-0.3, -0.25) is 0 Å². The molecule has 7 heteroatoms. The first-order valence-electron chi connectivity index (χ1n) is 3.98. The largest absolute Gasteiger partial charge is 0.380 e. The van der Waals surface area contributed by atoms with Gasteiger partial charge >= 0.3 is 0 Å². The summed E-state index contributed by atoms with van der Waals surface area (Å²) in [6.45, 7) is 1.45. The van der Waals surface area contributed by atoms with E-state index in [4.69, 9.17) is 0 Å². The van der Waals surface area contributed by atoms with E-state index in [0.717, 1.165) is 13.0 Å². The van der Waals surface area contributed by atoms with Crippen molar-refractivity contribution in [3.63, 3.8) is 0 Å². The number of rotatable bonds is 1. The zero-order valence-corrected chi connectivity index (χ0v) is 7.84. The van der Waals surface area contributed by atoms with Crippen LogP contribution in [0.2, 0.25) is 0 Å². The van der Waals surface area contributed by atoms with Crippen molar-refractivity contribution in [1.82, 2.24) is 25.9 Å². The molecule has 6 nitrogen and oxygen atoms in total. The first-order chi connectivity index (χ1) is 5.81. The van der Waals surface area contributed by atoms with Crippen LogP contribution in [-0.2, 0) is 5.60 Å². The Morgan fingerprint density at radius 3 is 2.85 bits per heavy atom. The number of nitrogens with one attached hydrogen (secondary N) is 2. The molecule has 2 rings (SSSR count). The van der Waals surface area contributed by atoms with E-state index in [1.807, 2.05) is 0 Å². The molecule has 1 fully saturated rings. The molecule has 0 aromatic carbocycles. The van der Waals surface area contributed by atoms with Gasteiger partial charge in [0, 0.05) is 6.54 Å². The Morgan fingerprint density at radius 2 is 2.31 bits per heavy atom. The monoisotopic (exact) mass is 205 g/mol. The van der Waals surface area contributed by atoms with E-state index in [1.54, 1.807) is 0 Å². The van der Waals surface area contributed by atoms with Gasteiger partial charge in [-0.05, 0) is 19.4 Å². The molecule has 1 aromatic rings. The quantitative estimate of drug-likeness (QED) is 0.559. The summed E-state index contributed by atoms with van der Waals surface area (Å²) in [7, 11) is 0. The smallest absolute Gasteiger partial charge is 0.207 e. The number of halogens is 1. The number of aromatic amines is 1. The van der Waals surface area contributed by atoms with E-state index < -0.39 is 5.60 Å². The Hall–Kier alpha value is -0.720. The van der Waals surface area contributed by atoms with E-state index >= 15 is 0 Å². The van der Waals surface area contributed by atoms with Gasteiger partial charge in [0.15, 0.2) is 0 Å². The average Bonchev–Trinajstić information content (AvgIpc) is 2.58. The Balaban J connectivity index is 0.000000845. The van der Waals surface area contributed by atoms with Crippen molar-refractivity contribution in [3.8, 4) is 0 Å². The summed E-state index contributed by atoms with van der Waals surface area (Å²) in [6, 6.07) is 0. The predicted octanol–water partition coefficient (Wildman–Crippen LogP) is -0.808. The highest BCUT2D eigenvalue weighted by molar-refractivity contribution is 5.85. The van der Waals surface area contributed by atoms with Gasteiger partial charge in [-0.1, -0.05) is 5.21 Å². The van der Waals surface area contributed by atoms with Gasteiger partial charge in [-0.15, -0.1) is 22.6 Å². The number of aromatic nitrogens is 4. The molecule has 0 spiro atoms. The van der Waals surface area contributed by atoms with Crippen LogP contribution in [0.3, 0.4) is 0 Å². The number of β-amino-alcohol motifs (C(OH)–C–C–N with tert-alkyl or cyclic N) is 1. The number of piperidine rings is 1. The lowest BCUT2D eigenvalue weighted by Crippen LogP contribution is -2.44. The second-order valence-corrected chi connectivity index (χ2v) is 3.05. The molecule has 1 aliphatic heterocycles. The molecule has 1 saturated heterocycles. The van der Waals surface area contributed by atoms with Crippen LogP contribution in [-0.4, -0.2) is 38.8 Å². The van der Waals surface area contributed by atoms with Crippen LogP contribution in [0.15, 0.2) is 0 Å². The van der Waals surface area contributed by atoms with Gasteiger partial charge < -0.3 is 10.4 Å². The highest BCUT2D eigenvalue weighted by Crippen LogP contribution is 2.23. The summed E-state index contributed by atoms with van der Waals surface area (Å²) < 4.78 is 0. The minimum Gasteiger partial charge on any atom is -0.380 e. The summed E-state index contributed by atoms with van der Waals surface area (Å²) in [5.74, 6) is 0.384. The molecule has 0 saturated carbocycles. The molecular weight excluding hydrogens is 194 g/mol. The molecule has 0 bridgehead atoms. The molecule has 1 aliphatic rings. The first-order valence-corrected chi connectivity index (χ1v) is 3.98. The molecule has 13 heavy (non-hydrogen) atoms. The third-order valence-electron chi connectivity index (χ3n) is 2.12. The molecule has 1 aromatic heterocycles. The maximum absolute atomic E-state index is 9.98. The zero-order chi connectivity index (χ0) is 8.44. The topological polar surface area (TPSA) is 86.7 Å². The molecular formula is C6H12ClN5O. The number of hydrogen-bond donors (Lipinski definition) is 3. The van der Waals surface area contributed by atoms with Crippen LogP contribution in [0.5, 0.6) is 0 Å². The normalized spacial score (nSPS) is 28.1. The fourth-order valence-corrected chi connectivity index (χ4v) is 1.44. The maximum Gasteiger partial charge on any atom is 0.207 e. The van der Waals surface area contributed by atoms with E-state index in [2.05, 4.69) is 25.9 Å². The minimum atomic E-state index is -0.925. The van der Waals surface area contributed by atoms with E-state index in [0.29, 0.717) is 18.8 Å². The number of tetrazole rings is 1. The molecule has 0 aliphatic carbocycles. The van der Waals surface area contributed by atoms with E-state index in [-0.39, 0.29) is 12.4 Å². The number of aliphatic hydroxyl groups is 1. The van der Waals surface area contributed by atoms with Crippen LogP contribution in [0.25, 0.3) is 0 Å². The number of H-pyrrole nitrogens is 1. The molecule has 74 valence electrons. The van der Waals surface area contributed by atoms with Gasteiger partial charge in [0.05, 0.1) is 0 Å². The van der Waals surface area contributed by atoms with Crippen molar-refractivity contribution >= 4 is 12.4 Å². The van der Waals surface area contributed by atoms with E-state index in [9.17, 15) is 5.11 Å². The molecule has 1 atom stereocenters. The van der Waals surface area contributed by atoms with Crippen LogP contribution < -0.4 is 5.32 Å². The molecule has 0 radical (unpaired) electrons. The highest BCUT2D eigenvalue weighted by atomic mass is 35.5. The number of nitrogens with zero attached hydrogens (tertiary/aromatic N) is 3. The molecule has 2 heterocycles. The van der Waals surface area contributed by atoms with Crippen molar-refractivity contribution in [2.75, 3.05) is 13.1 Å². The lowest BCUT2D eigenvalue weighted by Gasteiger charge is -2.29. The van der Waals surface area contributed by atoms with Gasteiger partial charge in [0.25, 0.3) is 0 Å². The fourth-order valence-electron chi connectivity index (χ4n) is 1.44. The van der Waals surface area contributed by atoms with Crippen molar-refractivity contribution in [2.45, 2.75) is 18.4 Å². The van der Waals surface area contributed by atoms with Crippen molar-refractivity contribution < 1.29 is 5.11 Å². The first kappa shape index (κ1) is 10.4. The summed E-state index contributed by atoms with van der Waals surface area (Å²) in [6.07, 6.45) is 1.63. The van der Waals surface area contributed by atoms with Crippen LogP contribution in [0.1, 0.15) is 18.7 Å². The maximum atomic E-state index is 9.98. The van der Waals surface area contributed by atoms with Gasteiger partial charge in [0.1, 0.15) is 5.60 Å². The van der Waals surface area contributed by atoms with Crippen molar-refractivity contribution in [1.29, 1.82) is 0 Å². The third kappa shape index (κ3) is 1.96. The van der Waals surface area contributed by atoms with Gasteiger partial charge in [-0.2, -0.15) is 5.21 Å². The van der Waals surface area contributed by atoms with Gasteiger partial charge in [-0.25, -0.2) is 0 Å². The minimum absolute atomic E-state index is 0. The Labute approximate surface area is 81.5 Å². The molecule has 0 amide bonds. The lowest BCUT2D eigenvalue weighted by molar-refractivity contribution is 0.00391. The van der Waals surface area contributed by atoms with Gasteiger partial charge in [0.2, 0.25) is 5.82 Å². The summed E-state index contributed by atoms with van der Waals surface area (Å²) in [5.41, 5.74) is -0.925. The molecule has 3 N–H and O–H groups in total. The Kier molecular flexibility index (Phi) is 3.18. The Bertz CT molecular complexity index is 246. The SMILES string of the molecule is Cl.OC1(c2nn[nH]n2)CCCNC1.